The molecule has 2 aromatic carbocycles. The highest BCUT2D eigenvalue weighted by molar-refractivity contribution is 6.33. The fourth-order valence-electron chi connectivity index (χ4n) is 2.93. The van der Waals surface area contributed by atoms with Crippen LogP contribution in [0.2, 0.25) is 5.02 Å². The van der Waals surface area contributed by atoms with Crippen molar-refractivity contribution in [2.45, 2.75) is 6.04 Å². The molecule has 0 saturated carbocycles. The van der Waals surface area contributed by atoms with E-state index in [1.165, 1.54) is 0 Å². The average Bonchev–Trinajstić information content (AvgIpc) is 3.10. The van der Waals surface area contributed by atoms with E-state index in [2.05, 4.69) is 10.3 Å². The van der Waals surface area contributed by atoms with Crippen molar-refractivity contribution in [1.82, 2.24) is 19.9 Å². The molecule has 1 saturated heterocycles. The molecule has 2 heterocycles. The first-order chi connectivity index (χ1) is 12.1. The van der Waals surface area contributed by atoms with Gasteiger partial charge in [0, 0.05) is 19.3 Å². The van der Waals surface area contributed by atoms with Crippen molar-refractivity contribution in [2.75, 3.05) is 13.1 Å². The molecule has 4 rings (SSSR count). The standard InChI is InChI=1S/C18H15ClN4O2/c19-16-9-13(12-4-2-1-3-5-12)8-15(17(16)24)18(25)22-10-14(11-22)23-7-6-20-21-23/h1-9,14,24H,10-11H2. The summed E-state index contributed by atoms with van der Waals surface area (Å²) in [5.74, 6) is -0.427. The van der Waals surface area contributed by atoms with Crippen LogP contribution in [0.3, 0.4) is 0 Å². The van der Waals surface area contributed by atoms with E-state index in [1.807, 2.05) is 30.3 Å². The van der Waals surface area contributed by atoms with Crippen LogP contribution >= 0.6 is 11.6 Å². The van der Waals surface area contributed by atoms with Crippen LogP contribution < -0.4 is 0 Å². The van der Waals surface area contributed by atoms with Gasteiger partial charge in [0.2, 0.25) is 0 Å². The van der Waals surface area contributed by atoms with Gasteiger partial charge in [0.15, 0.2) is 0 Å². The number of phenolic OH excluding ortho intramolecular Hbond substituents is 1. The van der Waals surface area contributed by atoms with E-state index < -0.39 is 0 Å². The Hall–Kier alpha value is -2.86. The molecule has 0 spiro atoms. The second kappa shape index (κ2) is 6.22. The number of nitrogens with zero attached hydrogens (tertiary/aromatic N) is 4. The minimum absolute atomic E-state index is 0.112. The van der Waals surface area contributed by atoms with Crippen LogP contribution in [0.25, 0.3) is 11.1 Å². The Kier molecular flexibility index (Phi) is 3.89. The Labute approximate surface area is 149 Å². The maximum absolute atomic E-state index is 12.8. The number of likely N-dealkylation sites (tertiary alicyclic amines) is 1. The van der Waals surface area contributed by atoms with Crippen LogP contribution in [0.1, 0.15) is 16.4 Å². The lowest BCUT2D eigenvalue weighted by atomic mass is 10.00. The summed E-state index contributed by atoms with van der Waals surface area (Å²) in [5, 5.41) is 18.1. The van der Waals surface area contributed by atoms with E-state index in [4.69, 9.17) is 11.6 Å². The number of rotatable bonds is 3. The Morgan fingerprint density at radius 3 is 2.60 bits per heavy atom. The fraction of sp³-hybridized carbons (Fsp3) is 0.167. The molecule has 0 radical (unpaired) electrons. The number of carbonyl (C=O) groups excluding carboxylic acids is 1. The molecule has 1 fully saturated rings. The summed E-state index contributed by atoms with van der Waals surface area (Å²) in [5.41, 5.74) is 1.94. The van der Waals surface area contributed by atoms with Gasteiger partial charge in [-0.1, -0.05) is 47.1 Å². The molecule has 0 aliphatic carbocycles. The molecule has 1 aliphatic rings. The summed E-state index contributed by atoms with van der Waals surface area (Å²) in [6.07, 6.45) is 3.39. The first-order valence-electron chi connectivity index (χ1n) is 7.86. The van der Waals surface area contributed by atoms with Crippen molar-refractivity contribution in [3.63, 3.8) is 0 Å². The van der Waals surface area contributed by atoms with Gasteiger partial charge >= 0.3 is 0 Å². The van der Waals surface area contributed by atoms with Crippen LogP contribution in [0.4, 0.5) is 0 Å². The van der Waals surface area contributed by atoms with Crippen LogP contribution in [0, 0.1) is 0 Å². The van der Waals surface area contributed by atoms with Gasteiger partial charge in [-0.25, -0.2) is 4.68 Å². The molecule has 1 aromatic heterocycles. The van der Waals surface area contributed by atoms with Crippen LogP contribution in [0.5, 0.6) is 5.75 Å². The summed E-state index contributed by atoms with van der Waals surface area (Å²) >= 11 is 6.15. The summed E-state index contributed by atoms with van der Waals surface area (Å²) < 4.78 is 1.73. The van der Waals surface area contributed by atoms with E-state index in [9.17, 15) is 9.90 Å². The number of benzene rings is 2. The summed E-state index contributed by atoms with van der Waals surface area (Å²) in [6.45, 7) is 1.05. The highest BCUT2D eigenvalue weighted by Crippen LogP contribution is 2.35. The van der Waals surface area contributed by atoms with Crippen molar-refractivity contribution in [3.8, 4) is 16.9 Å². The van der Waals surface area contributed by atoms with E-state index in [0.717, 1.165) is 11.1 Å². The Morgan fingerprint density at radius 2 is 1.92 bits per heavy atom. The van der Waals surface area contributed by atoms with Gasteiger partial charge in [0.05, 0.1) is 22.8 Å². The lowest BCUT2D eigenvalue weighted by molar-refractivity contribution is 0.0495. The van der Waals surface area contributed by atoms with E-state index in [1.54, 1.807) is 34.1 Å². The van der Waals surface area contributed by atoms with Crippen molar-refractivity contribution < 1.29 is 9.90 Å². The SMILES string of the molecule is O=C(c1cc(-c2ccccc2)cc(Cl)c1O)N1CC(n2ccnn2)C1. The van der Waals surface area contributed by atoms with Gasteiger partial charge in [0.25, 0.3) is 5.91 Å². The first-order valence-corrected chi connectivity index (χ1v) is 8.24. The number of halogens is 1. The third-order valence-corrected chi connectivity index (χ3v) is 4.65. The Morgan fingerprint density at radius 1 is 1.16 bits per heavy atom. The number of aromatic hydroxyl groups is 1. The molecule has 6 nitrogen and oxygen atoms in total. The predicted octanol–water partition coefficient (Wildman–Crippen LogP) is 3.00. The fourth-order valence-corrected chi connectivity index (χ4v) is 3.15. The summed E-state index contributed by atoms with van der Waals surface area (Å²) in [4.78, 5) is 14.4. The Bertz CT molecular complexity index is 906. The maximum Gasteiger partial charge on any atom is 0.257 e. The first kappa shape index (κ1) is 15.7. The van der Waals surface area contributed by atoms with E-state index in [0.29, 0.717) is 13.1 Å². The topological polar surface area (TPSA) is 71.2 Å². The third-order valence-electron chi connectivity index (χ3n) is 4.37. The highest BCUT2D eigenvalue weighted by Gasteiger charge is 2.34. The minimum Gasteiger partial charge on any atom is -0.506 e. The second-order valence-corrected chi connectivity index (χ2v) is 6.37. The van der Waals surface area contributed by atoms with Crippen molar-refractivity contribution in [3.05, 3.63) is 65.4 Å². The van der Waals surface area contributed by atoms with E-state index in [-0.39, 0.29) is 28.3 Å². The lowest BCUT2D eigenvalue weighted by Gasteiger charge is -2.39. The van der Waals surface area contributed by atoms with Gasteiger partial charge in [-0.2, -0.15) is 0 Å². The highest BCUT2D eigenvalue weighted by atomic mass is 35.5. The molecule has 1 aliphatic heterocycles. The predicted molar refractivity (Wildman–Crippen MR) is 93.5 cm³/mol. The van der Waals surface area contributed by atoms with Gasteiger partial charge in [0.1, 0.15) is 5.75 Å². The molecular formula is C18H15ClN4O2. The quantitative estimate of drug-likeness (QED) is 0.784. The lowest BCUT2D eigenvalue weighted by Crippen LogP contribution is -2.50. The number of hydrogen-bond donors (Lipinski definition) is 1. The summed E-state index contributed by atoms with van der Waals surface area (Å²) in [6, 6.07) is 13.1. The normalized spacial score (nSPS) is 14.4. The second-order valence-electron chi connectivity index (χ2n) is 5.97. The Balaban J connectivity index is 1.60. The zero-order chi connectivity index (χ0) is 17.4. The van der Waals surface area contributed by atoms with Gasteiger partial charge in [-0.05, 0) is 23.3 Å². The van der Waals surface area contributed by atoms with Crippen LogP contribution in [0.15, 0.2) is 54.9 Å². The monoisotopic (exact) mass is 354 g/mol. The average molecular weight is 355 g/mol. The number of amides is 1. The molecule has 7 heteroatoms. The number of aromatic nitrogens is 3. The molecule has 1 N–H and O–H groups in total. The van der Waals surface area contributed by atoms with Gasteiger partial charge in [-0.15, -0.1) is 5.10 Å². The third kappa shape index (κ3) is 2.85. The van der Waals surface area contributed by atoms with Crippen LogP contribution in [-0.4, -0.2) is 44.0 Å². The molecule has 25 heavy (non-hydrogen) atoms. The van der Waals surface area contributed by atoms with Gasteiger partial charge in [-0.3, -0.25) is 4.79 Å². The molecule has 0 bridgehead atoms. The van der Waals surface area contributed by atoms with Crippen LogP contribution in [-0.2, 0) is 0 Å². The molecule has 1 amide bonds. The minimum atomic E-state index is -0.242. The number of hydrogen-bond acceptors (Lipinski definition) is 4. The van der Waals surface area contributed by atoms with Crippen molar-refractivity contribution in [1.29, 1.82) is 0 Å². The maximum atomic E-state index is 12.8. The summed E-state index contributed by atoms with van der Waals surface area (Å²) in [7, 11) is 0. The van der Waals surface area contributed by atoms with Gasteiger partial charge < -0.3 is 10.0 Å². The molecule has 0 atom stereocenters. The molecule has 0 unspecified atom stereocenters. The smallest absolute Gasteiger partial charge is 0.257 e. The molecule has 126 valence electrons. The number of phenols is 1. The number of carbonyl (C=O) groups is 1. The van der Waals surface area contributed by atoms with Crippen molar-refractivity contribution >= 4 is 17.5 Å². The van der Waals surface area contributed by atoms with Crippen molar-refractivity contribution in [2.24, 2.45) is 0 Å². The van der Waals surface area contributed by atoms with E-state index >= 15 is 0 Å². The zero-order valence-corrected chi connectivity index (χ0v) is 14.0. The largest absolute Gasteiger partial charge is 0.506 e. The zero-order valence-electron chi connectivity index (χ0n) is 13.2. The molecular weight excluding hydrogens is 340 g/mol. The molecule has 3 aromatic rings.